The summed E-state index contributed by atoms with van der Waals surface area (Å²) in [6.45, 7) is 5.51. The fourth-order valence-electron chi connectivity index (χ4n) is 2.52. The number of aliphatic imine (C=N–C) groups is 1. The molecule has 1 fully saturated rings. The van der Waals surface area contributed by atoms with Crippen molar-refractivity contribution < 1.29 is 4.79 Å². The molecule has 0 unspecified atom stereocenters. The van der Waals surface area contributed by atoms with E-state index in [1.807, 2.05) is 12.1 Å². The van der Waals surface area contributed by atoms with Crippen LogP contribution in [0.3, 0.4) is 0 Å². The number of hydrogen-bond acceptors (Lipinski definition) is 2. The average molecular weight is 509 g/mol. The molecule has 0 aliphatic carbocycles. The zero-order valence-electron chi connectivity index (χ0n) is 14.0. The van der Waals surface area contributed by atoms with Crippen molar-refractivity contribution in [3.8, 4) is 0 Å². The highest BCUT2D eigenvalue weighted by Gasteiger charge is 2.16. The van der Waals surface area contributed by atoms with Crippen LogP contribution in [0.25, 0.3) is 0 Å². The Kier molecular flexibility index (Phi) is 9.65. The van der Waals surface area contributed by atoms with Crippen molar-refractivity contribution >= 4 is 51.8 Å². The third-order valence-corrected chi connectivity index (χ3v) is 4.64. The summed E-state index contributed by atoms with van der Waals surface area (Å²) in [6, 6.07) is 7.32. The third-order valence-electron chi connectivity index (χ3n) is 4.11. The molecule has 24 heavy (non-hydrogen) atoms. The third kappa shape index (κ3) is 6.96. The maximum absolute atomic E-state index is 11.9. The number of benzene rings is 1. The van der Waals surface area contributed by atoms with E-state index in [2.05, 4.69) is 38.1 Å². The highest BCUT2D eigenvalue weighted by Crippen LogP contribution is 2.15. The summed E-state index contributed by atoms with van der Waals surface area (Å²) in [4.78, 5) is 18.5. The van der Waals surface area contributed by atoms with Gasteiger partial charge in [-0.15, -0.1) is 24.0 Å². The van der Waals surface area contributed by atoms with Gasteiger partial charge in [0.05, 0.1) is 0 Å². The second-order valence-corrected chi connectivity index (χ2v) is 6.94. The van der Waals surface area contributed by atoms with Gasteiger partial charge in [-0.1, -0.05) is 22.9 Å². The number of carbonyl (C=O) groups excluding carboxylic acids is 1. The Balaban J connectivity index is 0.00000288. The number of piperidine rings is 1. The summed E-state index contributed by atoms with van der Waals surface area (Å²) < 4.78 is 0.964. The monoisotopic (exact) mass is 508 g/mol. The molecule has 1 aliphatic heterocycles. The first kappa shape index (κ1) is 21.2. The molecule has 2 rings (SSSR count). The molecule has 0 radical (unpaired) electrons. The average Bonchev–Trinajstić information content (AvgIpc) is 2.55. The Morgan fingerprint density at radius 1 is 1.33 bits per heavy atom. The van der Waals surface area contributed by atoms with Gasteiger partial charge in [0.25, 0.3) is 5.91 Å². The van der Waals surface area contributed by atoms with Gasteiger partial charge in [-0.2, -0.15) is 0 Å². The Hall–Kier alpha value is -0.830. The van der Waals surface area contributed by atoms with E-state index in [1.54, 1.807) is 12.1 Å². The van der Waals surface area contributed by atoms with E-state index >= 15 is 0 Å². The van der Waals surface area contributed by atoms with Gasteiger partial charge in [0.15, 0.2) is 5.96 Å². The summed E-state index contributed by atoms with van der Waals surface area (Å²) >= 11 is 3.36. The first-order chi connectivity index (χ1) is 11.1. The Labute approximate surface area is 169 Å². The Morgan fingerprint density at radius 3 is 2.58 bits per heavy atom. The normalized spacial score (nSPS) is 15.8. The minimum Gasteiger partial charge on any atom is -0.370 e. The summed E-state index contributed by atoms with van der Waals surface area (Å²) in [6.07, 6.45) is 3.14. The lowest BCUT2D eigenvalue weighted by atomic mass is 10.00. The van der Waals surface area contributed by atoms with Crippen LogP contribution < -0.4 is 11.1 Å². The fraction of sp³-hybridized carbons (Fsp3) is 0.529. The molecule has 0 atom stereocenters. The fourth-order valence-corrected chi connectivity index (χ4v) is 2.78. The highest BCUT2D eigenvalue weighted by molar-refractivity contribution is 14.0. The summed E-state index contributed by atoms with van der Waals surface area (Å²) in [7, 11) is 0. The van der Waals surface area contributed by atoms with Crippen LogP contribution in [-0.2, 0) is 0 Å². The molecule has 134 valence electrons. The molecule has 5 nitrogen and oxygen atoms in total. The van der Waals surface area contributed by atoms with Gasteiger partial charge in [0, 0.05) is 36.2 Å². The SMILES string of the molecule is CC1CCN(C(N)=NCCCNC(=O)c2ccc(Br)cc2)CC1.I. The van der Waals surface area contributed by atoms with Crippen LogP contribution >= 0.6 is 39.9 Å². The van der Waals surface area contributed by atoms with Crippen molar-refractivity contribution in [2.45, 2.75) is 26.2 Å². The lowest BCUT2D eigenvalue weighted by Gasteiger charge is -2.31. The molecule has 0 saturated carbocycles. The first-order valence-electron chi connectivity index (χ1n) is 8.15. The van der Waals surface area contributed by atoms with Crippen LogP contribution in [-0.4, -0.2) is 42.9 Å². The number of nitrogens with one attached hydrogen (secondary N) is 1. The van der Waals surface area contributed by atoms with Crippen LogP contribution in [0.5, 0.6) is 0 Å². The quantitative estimate of drug-likeness (QED) is 0.277. The molecule has 1 heterocycles. The van der Waals surface area contributed by atoms with E-state index in [0.29, 0.717) is 24.6 Å². The Morgan fingerprint density at radius 2 is 1.96 bits per heavy atom. The second kappa shape index (κ2) is 10.9. The number of halogens is 2. The Bertz CT molecular complexity index is 542. The molecule has 0 bridgehead atoms. The molecular weight excluding hydrogens is 483 g/mol. The molecule has 1 aliphatic rings. The van der Waals surface area contributed by atoms with E-state index in [9.17, 15) is 4.79 Å². The van der Waals surface area contributed by atoms with Crippen LogP contribution in [0.4, 0.5) is 0 Å². The van der Waals surface area contributed by atoms with Crippen molar-refractivity contribution in [3.63, 3.8) is 0 Å². The number of carbonyl (C=O) groups is 1. The first-order valence-corrected chi connectivity index (χ1v) is 8.94. The van der Waals surface area contributed by atoms with Crippen molar-refractivity contribution in [1.82, 2.24) is 10.2 Å². The molecule has 0 spiro atoms. The molecule has 1 saturated heterocycles. The number of amides is 1. The predicted octanol–water partition coefficient (Wildman–Crippen LogP) is 3.23. The highest BCUT2D eigenvalue weighted by atomic mass is 127. The molecule has 7 heteroatoms. The van der Waals surface area contributed by atoms with E-state index in [4.69, 9.17) is 5.73 Å². The largest absolute Gasteiger partial charge is 0.370 e. The van der Waals surface area contributed by atoms with E-state index in [1.165, 1.54) is 12.8 Å². The van der Waals surface area contributed by atoms with E-state index in [0.717, 1.165) is 29.9 Å². The van der Waals surface area contributed by atoms with Crippen molar-refractivity contribution in [1.29, 1.82) is 0 Å². The molecule has 1 aromatic rings. The van der Waals surface area contributed by atoms with Crippen LogP contribution in [0, 0.1) is 5.92 Å². The van der Waals surface area contributed by atoms with Gasteiger partial charge in [-0.05, 0) is 49.4 Å². The number of rotatable bonds is 5. The molecule has 1 aromatic carbocycles. The van der Waals surface area contributed by atoms with Crippen molar-refractivity contribution in [2.24, 2.45) is 16.6 Å². The maximum Gasteiger partial charge on any atom is 0.251 e. The number of guanidine groups is 1. The maximum atomic E-state index is 11.9. The lowest BCUT2D eigenvalue weighted by molar-refractivity contribution is 0.0953. The number of nitrogens with two attached hydrogens (primary N) is 1. The molecule has 0 aromatic heterocycles. The number of nitrogens with zero attached hydrogens (tertiary/aromatic N) is 2. The topological polar surface area (TPSA) is 70.7 Å². The molecule has 3 N–H and O–H groups in total. The van der Waals surface area contributed by atoms with Crippen LogP contribution in [0.1, 0.15) is 36.5 Å². The van der Waals surface area contributed by atoms with Crippen LogP contribution in [0.2, 0.25) is 0 Å². The van der Waals surface area contributed by atoms with Crippen molar-refractivity contribution in [2.75, 3.05) is 26.2 Å². The van der Waals surface area contributed by atoms with E-state index in [-0.39, 0.29) is 29.9 Å². The zero-order valence-corrected chi connectivity index (χ0v) is 17.9. The molecular formula is C17H26BrIN4O. The summed E-state index contributed by atoms with van der Waals surface area (Å²) in [5, 5.41) is 2.90. The van der Waals surface area contributed by atoms with Crippen molar-refractivity contribution in [3.05, 3.63) is 34.3 Å². The van der Waals surface area contributed by atoms with Crippen LogP contribution in [0.15, 0.2) is 33.7 Å². The zero-order chi connectivity index (χ0) is 16.7. The number of hydrogen-bond donors (Lipinski definition) is 2. The molecule has 1 amide bonds. The number of likely N-dealkylation sites (tertiary alicyclic amines) is 1. The van der Waals surface area contributed by atoms with Gasteiger partial charge >= 0.3 is 0 Å². The second-order valence-electron chi connectivity index (χ2n) is 6.03. The van der Waals surface area contributed by atoms with Gasteiger partial charge in [0.2, 0.25) is 0 Å². The minimum atomic E-state index is -0.0560. The van der Waals surface area contributed by atoms with Gasteiger partial charge in [-0.3, -0.25) is 9.79 Å². The van der Waals surface area contributed by atoms with Gasteiger partial charge < -0.3 is 16.0 Å². The lowest BCUT2D eigenvalue weighted by Crippen LogP contribution is -2.42. The minimum absolute atomic E-state index is 0. The van der Waals surface area contributed by atoms with Gasteiger partial charge in [0.1, 0.15) is 0 Å². The standard InChI is InChI=1S/C17H25BrN4O.HI/c1-13-7-11-22(12-8-13)17(19)21-10-2-9-20-16(23)14-3-5-15(18)6-4-14;/h3-6,13H,2,7-12H2,1H3,(H2,19,21)(H,20,23);1H. The summed E-state index contributed by atoms with van der Waals surface area (Å²) in [5.74, 6) is 1.36. The predicted molar refractivity (Wildman–Crippen MR) is 113 cm³/mol. The van der Waals surface area contributed by atoms with E-state index < -0.39 is 0 Å². The smallest absolute Gasteiger partial charge is 0.251 e. The van der Waals surface area contributed by atoms with Gasteiger partial charge in [-0.25, -0.2) is 0 Å². The summed E-state index contributed by atoms with van der Waals surface area (Å²) in [5.41, 5.74) is 6.69.